The first-order valence-corrected chi connectivity index (χ1v) is 4.46. The number of furan rings is 1. The number of ether oxygens (including phenoxy) is 1. The normalized spacial score (nSPS) is 9.31. The molecule has 1 aromatic rings. The second-order valence-corrected chi connectivity index (χ2v) is 2.61. The van der Waals surface area contributed by atoms with Crippen molar-refractivity contribution in [2.45, 2.75) is 6.92 Å². The van der Waals surface area contributed by atoms with Crippen LogP contribution in [0.5, 0.6) is 0 Å². The Morgan fingerprint density at radius 1 is 1.38 bits per heavy atom. The Morgan fingerprint density at radius 2 is 2.12 bits per heavy atom. The van der Waals surface area contributed by atoms with Crippen molar-refractivity contribution in [1.82, 2.24) is 10.9 Å². The predicted molar refractivity (Wildman–Crippen MR) is 50.9 cm³/mol. The number of carbonyl (C=O) groups excluding carboxylic acids is 3. The van der Waals surface area contributed by atoms with Gasteiger partial charge in [0.2, 0.25) is 0 Å². The van der Waals surface area contributed by atoms with E-state index in [-0.39, 0.29) is 12.4 Å². The highest BCUT2D eigenvalue weighted by Crippen LogP contribution is 1.97. The molecule has 1 aromatic heterocycles. The first-order chi connectivity index (χ1) is 7.65. The third-order valence-corrected chi connectivity index (χ3v) is 1.50. The van der Waals surface area contributed by atoms with Gasteiger partial charge in [-0.2, -0.15) is 0 Å². The van der Waals surface area contributed by atoms with Crippen molar-refractivity contribution < 1.29 is 23.5 Å². The maximum Gasteiger partial charge on any atom is 0.398 e. The molecule has 1 rings (SSSR count). The van der Waals surface area contributed by atoms with Crippen molar-refractivity contribution in [3.63, 3.8) is 0 Å². The molecule has 0 unspecified atom stereocenters. The number of hydrazine groups is 1. The summed E-state index contributed by atoms with van der Waals surface area (Å²) < 4.78 is 9.16. The summed E-state index contributed by atoms with van der Waals surface area (Å²) in [5.74, 6) is -2.77. The van der Waals surface area contributed by atoms with Gasteiger partial charge in [0.05, 0.1) is 12.9 Å². The molecule has 16 heavy (non-hydrogen) atoms. The highest BCUT2D eigenvalue weighted by Gasteiger charge is 2.16. The van der Waals surface area contributed by atoms with Gasteiger partial charge in [-0.3, -0.25) is 20.4 Å². The van der Waals surface area contributed by atoms with Gasteiger partial charge in [-0.1, -0.05) is 0 Å². The number of esters is 1. The third-order valence-electron chi connectivity index (χ3n) is 1.50. The van der Waals surface area contributed by atoms with Crippen LogP contribution in [0.1, 0.15) is 17.5 Å². The van der Waals surface area contributed by atoms with Gasteiger partial charge in [-0.15, -0.1) is 0 Å². The molecule has 0 aliphatic carbocycles. The van der Waals surface area contributed by atoms with Gasteiger partial charge < -0.3 is 9.15 Å². The average Bonchev–Trinajstić information content (AvgIpc) is 2.79. The fourth-order valence-corrected chi connectivity index (χ4v) is 0.831. The molecule has 0 saturated heterocycles. The summed E-state index contributed by atoms with van der Waals surface area (Å²) in [7, 11) is 0. The van der Waals surface area contributed by atoms with Gasteiger partial charge in [0.15, 0.2) is 5.76 Å². The predicted octanol–water partition coefficient (Wildman–Crippen LogP) is -0.396. The van der Waals surface area contributed by atoms with Gasteiger partial charge in [0, 0.05) is 0 Å². The Hall–Kier alpha value is -2.31. The molecule has 0 bridgehead atoms. The van der Waals surface area contributed by atoms with Gasteiger partial charge in [-0.25, -0.2) is 4.79 Å². The molecular formula is C9H10N2O5. The second kappa shape index (κ2) is 5.54. The van der Waals surface area contributed by atoms with E-state index in [1.54, 1.807) is 6.92 Å². The summed E-state index contributed by atoms with van der Waals surface area (Å²) in [5, 5.41) is 0. The van der Waals surface area contributed by atoms with Crippen LogP contribution in [0.4, 0.5) is 0 Å². The van der Waals surface area contributed by atoms with Crippen molar-refractivity contribution in [3.05, 3.63) is 24.2 Å². The quantitative estimate of drug-likeness (QED) is 0.406. The maximum atomic E-state index is 11.2. The topological polar surface area (TPSA) is 97.6 Å². The molecule has 7 nitrogen and oxygen atoms in total. The van der Waals surface area contributed by atoms with E-state index in [2.05, 4.69) is 4.74 Å². The van der Waals surface area contributed by atoms with E-state index in [9.17, 15) is 14.4 Å². The first-order valence-electron chi connectivity index (χ1n) is 4.46. The average molecular weight is 226 g/mol. The SMILES string of the molecule is CCOC(=O)C(=O)NNC(=O)c1ccco1. The van der Waals surface area contributed by atoms with Crippen LogP contribution in [0.15, 0.2) is 22.8 Å². The van der Waals surface area contributed by atoms with E-state index >= 15 is 0 Å². The Morgan fingerprint density at radius 3 is 2.69 bits per heavy atom. The highest BCUT2D eigenvalue weighted by atomic mass is 16.5. The Balaban J connectivity index is 2.38. The summed E-state index contributed by atoms with van der Waals surface area (Å²) in [4.78, 5) is 33.0. The second-order valence-electron chi connectivity index (χ2n) is 2.61. The minimum absolute atomic E-state index is 0.0177. The molecule has 0 spiro atoms. The van der Waals surface area contributed by atoms with Crippen LogP contribution in [0.2, 0.25) is 0 Å². The first kappa shape index (κ1) is 11.8. The minimum Gasteiger partial charge on any atom is -0.459 e. The molecule has 0 radical (unpaired) electrons. The van der Waals surface area contributed by atoms with E-state index < -0.39 is 17.8 Å². The lowest BCUT2D eigenvalue weighted by Crippen LogP contribution is -2.45. The molecule has 0 aromatic carbocycles. The van der Waals surface area contributed by atoms with Crippen molar-refractivity contribution >= 4 is 17.8 Å². The van der Waals surface area contributed by atoms with Crippen LogP contribution in [-0.2, 0) is 14.3 Å². The molecule has 0 saturated carbocycles. The van der Waals surface area contributed by atoms with Crippen LogP contribution in [0.3, 0.4) is 0 Å². The van der Waals surface area contributed by atoms with Crippen molar-refractivity contribution in [2.24, 2.45) is 0 Å². The summed E-state index contributed by atoms with van der Waals surface area (Å²) in [6.07, 6.45) is 1.31. The largest absolute Gasteiger partial charge is 0.459 e. The number of rotatable bonds is 2. The standard InChI is InChI=1S/C9H10N2O5/c1-2-15-9(14)8(13)11-10-7(12)6-4-3-5-16-6/h3-5H,2H2,1H3,(H,10,12)(H,11,13). The zero-order valence-corrected chi connectivity index (χ0v) is 8.48. The monoisotopic (exact) mass is 226 g/mol. The summed E-state index contributed by atoms with van der Waals surface area (Å²) in [6, 6.07) is 2.92. The molecule has 86 valence electrons. The maximum absolute atomic E-state index is 11.2. The smallest absolute Gasteiger partial charge is 0.398 e. The van der Waals surface area contributed by atoms with Gasteiger partial charge in [0.25, 0.3) is 0 Å². The fourth-order valence-electron chi connectivity index (χ4n) is 0.831. The Labute approximate surface area is 90.7 Å². The number of nitrogens with one attached hydrogen (secondary N) is 2. The number of amides is 2. The van der Waals surface area contributed by atoms with Crippen molar-refractivity contribution in [1.29, 1.82) is 0 Å². The molecule has 2 N–H and O–H groups in total. The Bertz CT molecular complexity index is 385. The lowest BCUT2D eigenvalue weighted by molar-refractivity contribution is -0.154. The van der Waals surface area contributed by atoms with E-state index in [0.717, 1.165) is 0 Å². The number of hydrogen-bond donors (Lipinski definition) is 2. The molecule has 2 amide bonds. The van der Waals surface area contributed by atoms with Gasteiger partial charge in [-0.05, 0) is 19.1 Å². The van der Waals surface area contributed by atoms with Crippen molar-refractivity contribution in [2.75, 3.05) is 6.61 Å². The number of carbonyl (C=O) groups is 3. The minimum atomic E-state index is -1.07. The summed E-state index contributed by atoms with van der Waals surface area (Å²) in [5.41, 5.74) is 3.87. The van der Waals surface area contributed by atoms with Gasteiger partial charge in [0.1, 0.15) is 0 Å². The molecule has 7 heteroatoms. The van der Waals surface area contributed by atoms with Crippen LogP contribution in [0, 0.1) is 0 Å². The van der Waals surface area contributed by atoms with Crippen molar-refractivity contribution in [3.8, 4) is 0 Å². The van der Waals surface area contributed by atoms with Crippen LogP contribution >= 0.6 is 0 Å². The molecule has 0 fully saturated rings. The lowest BCUT2D eigenvalue weighted by Gasteiger charge is -2.04. The molecule has 0 aliphatic rings. The van der Waals surface area contributed by atoms with E-state index in [4.69, 9.17) is 4.42 Å². The summed E-state index contributed by atoms with van der Waals surface area (Å²) in [6.45, 7) is 1.64. The molecular weight excluding hydrogens is 216 g/mol. The van der Waals surface area contributed by atoms with Crippen LogP contribution in [0.25, 0.3) is 0 Å². The van der Waals surface area contributed by atoms with E-state index in [1.165, 1.54) is 18.4 Å². The fraction of sp³-hybridized carbons (Fsp3) is 0.222. The van der Waals surface area contributed by atoms with Crippen LogP contribution in [-0.4, -0.2) is 24.4 Å². The van der Waals surface area contributed by atoms with Gasteiger partial charge >= 0.3 is 17.8 Å². The Kier molecular flexibility index (Phi) is 4.07. The van der Waals surface area contributed by atoms with Crippen LogP contribution < -0.4 is 10.9 Å². The lowest BCUT2D eigenvalue weighted by atomic mass is 10.4. The molecule has 1 heterocycles. The zero-order chi connectivity index (χ0) is 12.0. The summed E-state index contributed by atoms with van der Waals surface area (Å²) >= 11 is 0. The third kappa shape index (κ3) is 3.12. The molecule has 0 atom stereocenters. The molecule has 0 aliphatic heterocycles. The zero-order valence-electron chi connectivity index (χ0n) is 8.48. The highest BCUT2D eigenvalue weighted by molar-refractivity contribution is 6.32. The van der Waals surface area contributed by atoms with E-state index in [0.29, 0.717) is 0 Å². The number of hydrogen-bond acceptors (Lipinski definition) is 5. The van der Waals surface area contributed by atoms with E-state index in [1.807, 2.05) is 10.9 Å².